The lowest BCUT2D eigenvalue weighted by atomic mass is 10.2. The molecule has 35 heavy (non-hydrogen) atoms. The van der Waals surface area contributed by atoms with Crippen molar-refractivity contribution in [2.45, 2.75) is 57.8 Å². The van der Waals surface area contributed by atoms with Gasteiger partial charge >= 0.3 is 0 Å². The molecule has 0 spiro atoms. The zero-order valence-electron chi connectivity index (χ0n) is 21.4. The maximum atomic E-state index is 13.6. The fraction of sp³-hybridized carbons (Fsp3) is 0.300. The zero-order valence-corrected chi connectivity index (χ0v) is 23.3. The van der Waals surface area contributed by atoms with Crippen LogP contribution in [-0.4, -0.2) is 26.0 Å². The number of nitrogens with zero attached hydrogens (tertiary/aromatic N) is 1. The largest absolute Gasteiger partial charge is 0.401 e. The van der Waals surface area contributed by atoms with Crippen LogP contribution in [0.1, 0.15) is 33.6 Å². The fourth-order valence-corrected chi connectivity index (χ4v) is 8.96. The Bertz CT molecular complexity index is 1110. The average molecular weight is 502 g/mol. The van der Waals surface area contributed by atoms with Crippen molar-refractivity contribution in [3.05, 3.63) is 91.0 Å². The smallest absolute Gasteiger partial charge is 0.193 e. The molecule has 3 nitrogen and oxygen atoms in total. The molecule has 0 N–H and O–H groups in total. The Kier molecular flexibility index (Phi) is 8.73. The molecule has 182 valence electrons. The summed E-state index contributed by atoms with van der Waals surface area (Å²) in [5.74, 6) is 2.00. The predicted molar refractivity (Wildman–Crippen MR) is 153 cm³/mol. The number of hydrogen-bond acceptors (Lipinski definition) is 3. The van der Waals surface area contributed by atoms with E-state index in [9.17, 15) is 10.1 Å². The molecule has 3 rings (SSSR count). The fourth-order valence-electron chi connectivity index (χ4n) is 3.90. The minimum absolute atomic E-state index is 0.00679. The number of carbonyl (C=O) groups is 1. The third-order valence-electron chi connectivity index (χ3n) is 6.87. The van der Waals surface area contributed by atoms with Crippen LogP contribution in [0.15, 0.2) is 91.0 Å². The molecule has 0 saturated heterocycles. The summed E-state index contributed by atoms with van der Waals surface area (Å²) in [6, 6.07) is 33.3. The summed E-state index contributed by atoms with van der Waals surface area (Å²) in [7, 11) is -2.10. The number of Topliss-reactive ketones (excluding diaryl/α,β-unsaturated/α-hetero) is 1. The Morgan fingerprint density at radius 1 is 0.886 bits per heavy atom. The van der Waals surface area contributed by atoms with Crippen molar-refractivity contribution in [2.24, 2.45) is 0 Å². The van der Waals surface area contributed by atoms with E-state index in [2.05, 4.69) is 76.3 Å². The second kappa shape index (κ2) is 11.4. The first-order chi connectivity index (χ1) is 16.6. The van der Waals surface area contributed by atoms with E-state index in [1.54, 1.807) is 0 Å². The molecule has 3 aromatic carbocycles. The van der Waals surface area contributed by atoms with Crippen molar-refractivity contribution in [2.75, 3.05) is 0 Å². The van der Waals surface area contributed by atoms with Crippen LogP contribution >= 0.6 is 6.89 Å². The van der Waals surface area contributed by atoms with Crippen LogP contribution in [0.25, 0.3) is 0 Å². The molecule has 0 aromatic heterocycles. The number of benzene rings is 3. The monoisotopic (exact) mass is 501 g/mol. The van der Waals surface area contributed by atoms with Gasteiger partial charge in [0.1, 0.15) is 6.10 Å². The maximum Gasteiger partial charge on any atom is 0.193 e. The van der Waals surface area contributed by atoms with E-state index in [1.165, 1.54) is 0 Å². The summed E-state index contributed by atoms with van der Waals surface area (Å²) in [5.41, 5.74) is 0. The van der Waals surface area contributed by atoms with Crippen LogP contribution in [0.4, 0.5) is 0 Å². The van der Waals surface area contributed by atoms with Gasteiger partial charge in [0.2, 0.25) is 0 Å². The van der Waals surface area contributed by atoms with Gasteiger partial charge in [-0.25, -0.2) is 0 Å². The Morgan fingerprint density at radius 2 is 1.29 bits per heavy atom. The first kappa shape index (κ1) is 26.9. The topological polar surface area (TPSA) is 50.1 Å². The van der Waals surface area contributed by atoms with Gasteiger partial charge in [0.25, 0.3) is 0 Å². The van der Waals surface area contributed by atoms with Gasteiger partial charge < -0.3 is 4.43 Å². The van der Waals surface area contributed by atoms with Gasteiger partial charge in [-0.1, -0.05) is 112 Å². The number of hydrogen-bond donors (Lipinski definition) is 0. The third-order valence-corrected chi connectivity index (χ3v) is 15.4. The molecule has 0 heterocycles. The normalized spacial score (nSPS) is 13.0. The molecular formula is C30H36NO2PSi. The number of rotatable bonds is 9. The first-order valence-electron chi connectivity index (χ1n) is 12.1. The quantitative estimate of drug-likeness (QED) is 0.265. The van der Waals surface area contributed by atoms with Crippen molar-refractivity contribution >= 4 is 42.7 Å². The highest BCUT2D eigenvalue weighted by Gasteiger charge is 2.39. The highest BCUT2D eigenvalue weighted by atomic mass is 31.2. The van der Waals surface area contributed by atoms with Gasteiger partial charge in [-0.15, -0.1) is 0 Å². The number of nitriles is 1. The van der Waals surface area contributed by atoms with E-state index < -0.39 is 21.3 Å². The first-order valence-corrected chi connectivity index (χ1v) is 16.9. The summed E-state index contributed by atoms with van der Waals surface area (Å²) in [4.78, 5) is 13.6. The molecule has 0 aliphatic heterocycles. The molecule has 0 saturated carbocycles. The molecule has 0 unspecified atom stereocenters. The van der Waals surface area contributed by atoms with Crippen molar-refractivity contribution in [1.82, 2.24) is 0 Å². The van der Waals surface area contributed by atoms with Crippen LogP contribution in [0, 0.1) is 11.3 Å². The van der Waals surface area contributed by atoms with Gasteiger partial charge in [-0.05, 0) is 53.1 Å². The molecule has 5 heteroatoms. The highest BCUT2D eigenvalue weighted by molar-refractivity contribution is 7.95. The molecular weight excluding hydrogens is 465 g/mol. The standard InChI is InChI=1S/C30H36NO2PSi/c1-30(2,3)35(4,5)33-26(23-31)22-21-25(32)24-34(27-15-9-6-10-16-27,28-17-11-7-12-18-28)29-19-13-8-14-20-29/h6-20,24,26H,21-22H2,1-5H3/t26-/m0/s1. The van der Waals surface area contributed by atoms with E-state index in [0.29, 0.717) is 6.42 Å². The van der Waals surface area contributed by atoms with Crippen LogP contribution in [0.3, 0.4) is 0 Å². The van der Waals surface area contributed by atoms with Crippen LogP contribution in [0.5, 0.6) is 0 Å². The maximum absolute atomic E-state index is 13.6. The summed E-state index contributed by atoms with van der Waals surface area (Å²) in [6.45, 7) is 8.42. The van der Waals surface area contributed by atoms with E-state index in [1.807, 2.05) is 60.4 Å². The lowest BCUT2D eigenvalue weighted by Gasteiger charge is -2.37. The van der Waals surface area contributed by atoms with Crippen molar-refractivity contribution in [1.29, 1.82) is 5.26 Å². The van der Waals surface area contributed by atoms with Gasteiger partial charge in [0, 0.05) is 6.42 Å². The van der Waals surface area contributed by atoms with Crippen molar-refractivity contribution < 1.29 is 9.22 Å². The van der Waals surface area contributed by atoms with E-state index in [0.717, 1.165) is 15.9 Å². The molecule has 0 aliphatic carbocycles. The summed E-state index contributed by atoms with van der Waals surface area (Å²) >= 11 is 0. The lowest BCUT2D eigenvalue weighted by Crippen LogP contribution is -2.43. The summed E-state index contributed by atoms with van der Waals surface area (Å²) in [5, 5.41) is 13.2. The van der Waals surface area contributed by atoms with E-state index >= 15 is 0 Å². The van der Waals surface area contributed by atoms with Gasteiger partial charge in [0.05, 0.1) is 6.07 Å². The zero-order chi connectivity index (χ0) is 25.5. The Hall–Kier alpha value is -2.70. The summed E-state index contributed by atoms with van der Waals surface area (Å²) < 4.78 is 6.31. The van der Waals surface area contributed by atoms with Crippen LogP contribution in [0.2, 0.25) is 18.1 Å². The second-order valence-corrected chi connectivity index (χ2v) is 18.4. The predicted octanol–water partition coefficient (Wildman–Crippen LogP) is 6.05. The SMILES string of the molecule is CC(C)(C)[Si](C)(C)O[C@H](C#N)CCC(=O)C=P(c1ccccc1)(c1ccccc1)c1ccccc1. The Balaban J connectivity index is 2.03. The van der Waals surface area contributed by atoms with Crippen molar-refractivity contribution in [3.63, 3.8) is 0 Å². The molecule has 0 aliphatic rings. The van der Waals surface area contributed by atoms with Gasteiger partial charge in [-0.3, -0.25) is 4.79 Å². The molecule has 0 amide bonds. The minimum Gasteiger partial charge on any atom is -0.401 e. The third kappa shape index (κ3) is 6.30. The Morgan fingerprint density at radius 3 is 1.63 bits per heavy atom. The summed E-state index contributed by atoms with van der Waals surface area (Å²) in [6.07, 6.45) is 0.101. The molecule has 0 bridgehead atoms. The highest BCUT2D eigenvalue weighted by Crippen LogP contribution is 2.44. The van der Waals surface area contributed by atoms with E-state index in [4.69, 9.17) is 4.43 Å². The Labute approximate surface area is 211 Å². The number of ketones is 1. The van der Waals surface area contributed by atoms with E-state index in [-0.39, 0.29) is 17.2 Å². The minimum atomic E-state index is -2.33. The molecule has 3 aromatic rings. The lowest BCUT2D eigenvalue weighted by molar-refractivity contribution is -0.112. The van der Waals surface area contributed by atoms with Crippen LogP contribution in [-0.2, 0) is 9.22 Å². The molecule has 1 atom stereocenters. The molecule has 0 fully saturated rings. The van der Waals surface area contributed by atoms with Gasteiger partial charge in [0.15, 0.2) is 14.1 Å². The number of carbonyl (C=O) groups excluding carboxylic acids is 1. The molecule has 0 radical (unpaired) electrons. The van der Waals surface area contributed by atoms with Crippen LogP contribution < -0.4 is 15.9 Å². The van der Waals surface area contributed by atoms with Crippen molar-refractivity contribution in [3.8, 4) is 6.07 Å². The van der Waals surface area contributed by atoms with Gasteiger partial charge in [-0.2, -0.15) is 5.26 Å². The average Bonchev–Trinajstić information content (AvgIpc) is 2.86. The second-order valence-electron chi connectivity index (χ2n) is 10.4.